The third kappa shape index (κ3) is 5.02. The Balaban J connectivity index is 1.38. The number of pyridine rings is 1. The van der Waals surface area contributed by atoms with Gasteiger partial charge in [-0.05, 0) is 70.2 Å². The molecule has 12 heteroatoms. The van der Waals surface area contributed by atoms with Crippen LogP contribution in [-0.2, 0) is 0 Å². The number of nitrogens with zero attached hydrogens (tertiary/aromatic N) is 5. The number of rotatable bonds is 4. The fourth-order valence-corrected chi connectivity index (χ4v) is 7.59. The zero-order valence-corrected chi connectivity index (χ0v) is 24.8. The van der Waals surface area contributed by atoms with Crippen LogP contribution in [0.25, 0.3) is 22.2 Å². The maximum Gasteiger partial charge on any atom is 0.319 e. The van der Waals surface area contributed by atoms with E-state index in [1.807, 2.05) is 18.9 Å². The summed E-state index contributed by atoms with van der Waals surface area (Å²) >= 11 is 0. The highest BCUT2D eigenvalue weighted by Crippen LogP contribution is 2.42. The van der Waals surface area contributed by atoms with Gasteiger partial charge in [0.05, 0.1) is 17.3 Å². The first-order valence-electron chi connectivity index (χ1n) is 15.2. The molecule has 9 nitrogen and oxygen atoms in total. The van der Waals surface area contributed by atoms with Crippen molar-refractivity contribution in [1.29, 1.82) is 0 Å². The third-order valence-electron chi connectivity index (χ3n) is 9.62. The minimum Gasteiger partial charge on any atom is -0.474 e. The summed E-state index contributed by atoms with van der Waals surface area (Å²) in [6, 6.07) is 3.41. The van der Waals surface area contributed by atoms with E-state index in [2.05, 4.69) is 20.2 Å². The van der Waals surface area contributed by atoms with Gasteiger partial charge in [-0.2, -0.15) is 9.97 Å². The molecule has 3 fully saturated rings. The Morgan fingerprint density at radius 3 is 2.77 bits per heavy atom. The highest BCUT2D eigenvalue weighted by molar-refractivity contribution is 5.96. The van der Waals surface area contributed by atoms with Gasteiger partial charge in [-0.3, -0.25) is 4.90 Å². The molecule has 43 heavy (non-hydrogen) atoms. The van der Waals surface area contributed by atoms with E-state index in [-0.39, 0.29) is 59.1 Å². The molecule has 2 aromatic heterocycles. The van der Waals surface area contributed by atoms with E-state index in [0.29, 0.717) is 36.3 Å². The highest BCUT2D eigenvalue weighted by Gasteiger charge is 2.49. The van der Waals surface area contributed by atoms with Gasteiger partial charge in [0.15, 0.2) is 5.82 Å². The van der Waals surface area contributed by atoms with Crippen LogP contribution < -0.4 is 25.4 Å². The van der Waals surface area contributed by atoms with Crippen LogP contribution in [0.15, 0.2) is 12.1 Å². The molecular weight excluding hydrogens is 559 g/mol. The lowest BCUT2D eigenvalue weighted by atomic mass is 9.95. The van der Waals surface area contributed by atoms with Gasteiger partial charge in [0.2, 0.25) is 5.88 Å². The number of aryl methyl sites for hydroxylation is 1. The molecule has 230 valence electrons. The van der Waals surface area contributed by atoms with Crippen LogP contribution in [0.4, 0.5) is 24.7 Å². The summed E-state index contributed by atoms with van der Waals surface area (Å²) in [6.45, 7) is 5.61. The Kier molecular flexibility index (Phi) is 7.04. The Hall–Kier alpha value is -3.38. The average molecular weight is 598 g/mol. The molecule has 0 saturated carbocycles. The van der Waals surface area contributed by atoms with Gasteiger partial charge >= 0.3 is 6.01 Å². The number of likely N-dealkylation sites (N-methyl/N-ethyl adjacent to an activating group) is 1. The van der Waals surface area contributed by atoms with Gasteiger partial charge in [0.1, 0.15) is 41.0 Å². The molecule has 5 atom stereocenters. The van der Waals surface area contributed by atoms with Crippen LogP contribution in [0.2, 0.25) is 0 Å². The summed E-state index contributed by atoms with van der Waals surface area (Å²) in [5.41, 5.74) is 5.95. The first kappa shape index (κ1) is 28.4. The second-order valence-electron chi connectivity index (χ2n) is 12.9. The average Bonchev–Trinajstić information content (AvgIpc) is 3.64. The monoisotopic (exact) mass is 597 g/mol. The molecule has 0 amide bonds. The number of hydrogen-bond donors (Lipinski definition) is 2. The fourth-order valence-electron chi connectivity index (χ4n) is 7.59. The number of halogens is 3. The molecular formula is C31H38F3N7O2. The smallest absolute Gasteiger partial charge is 0.319 e. The van der Waals surface area contributed by atoms with Crippen LogP contribution in [-0.4, -0.2) is 83.0 Å². The van der Waals surface area contributed by atoms with Crippen molar-refractivity contribution in [2.24, 2.45) is 0 Å². The van der Waals surface area contributed by atoms with E-state index < -0.39 is 23.3 Å². The van der Waals surface area contributed by atoms with Gasteiger partial charge in [-0.25, -0.2) is 18.2 Å². The fraction of sp³-hybridized carbons (Fsp3) is 0.581. The van der Waals surface area contributed by atoms with E-state index in [9.17, 15) is 8.78 Å². The van der Waals surface area contributed by atoms with E-state index in [0.717, 1.165) is 38.6 Å². The number of nitrogens with two attached hydrogens (primary N) is 1. The van der Waals surface area contributed by atoms with Crippen molar-refractivity contribution < 1.29 is 22.6 Å². The zero-order valence-electron chi connectivity index (χ0n) is 24.8. The molecule has 0 unspecified atom stereocenters. The van der Waals surface area contributed by atoms with Gasteiger partial charge in [-0.1, -0.05) is 0 Å². The van der Waals surface area contributed by atoms with Gasteiger partial charge in [-0.15, -0.1) is 0 Å². The largest absolute Gasteiger partial charge is 0.474 e. The van der Waals surface area contributed by atoms with Crippen molar-refractivity contribution in [2.45, 2.75) is 82.3 Å². The molecule has 0 radical (unpaired) electrons. The predicted molar refractivity (Wildman–Crippen MR) is 158 cm³/mol. The standard InChI is InChI=1S/C31H38F3N7O2/c1-16-9-18(11-22(35)24(16)33)26-25(34)27-23-28(39-30(38-27)42-15-31-7-4-8-41(31)13-19(32)12-31)40(3)14-21-6-5-20(36-21)10-17(2)43-29(23)37-26/h9,11,17,19-21,36H,4-8,10,12-15,35H2,1-3H3/t17-,19+,20-,21+,31-/m0/s1. The minimum absolute atomic E-state index is 0.00691. The molecule has 3 saturated heterocycles. The molecule has 1 aromatic carbocycles. The van der Waals surface area contributed by atoms with Crippen molar-refractivity contribution >= 4 is 22.4 Å². The Morgan fingerprint density at radius 1 is 1.14 bits per heavy atom. The lowest BCUT2D eigenvalue weighted by molar-refractivity contribution is 0.107. The summed E-state index contributed by atoms with van der Waals surface area (Å²) in [6.07, 6.45) is 3.84. The molecule has 6 heterocycles. The molecule has 7 rings (SSSR count). The lowest BCUT2D eigenvalue weighted by Crippen LogP contribution is -2.43. The Labute approximate surface area is 249 Å². The zero-order chi connectivity index (χ0) is 30.0. The first-order chi connectivity index (χ1) is 20.6. The minimum atomic E-state index is -0.903. The Morgan fingerprint density at radius 2 is 1.95 bits per heavy atom. The van der Waals surface area contributed by atoms with E-state index in [4.69, 9.17) is 20.2 Å². The van der Waals surface area contributed by atoms with Gasteiger partial charge < -0.3 is 25.4 Å². The summed E-state index contributed by atoms with van der Waals surface area (Å²) in [5.74, 6) is -0.622. The number of benzene rings is 1. The van der Waals surface area contributed by atoms with Gasteiger partial charge in [0.25, 0.3) is 0 Å². The number of nitrogens with one attached hydrogen (secondary N) is 1. The molecule has 4 aliphatic rings. The quantitative estimate of drug-likeness (QED) is 0.420. The molecule has 0 aliphatic carbocycles. The maximum absolute atomic E-state index is 16.6. The summed E-state index contributed by atoms with van der Waals surface area (Å²) in [5, 5.41) is 4.04. The van der Waals surface area contributed by atoms with Crippen molar-refractivity contribution in [3.63, 3.8) is 0 Å². The van der Waals surface area contributed by atoms with Crippen LogP contribution in [0, 0.1) is 18.6 Å². The number of fused-ring (bicyclic) bond motifs is 3. The van der Waals surface area contributed by atoms with Crippen molar-refractivity contribution in [2.75, 3.05) is 43.9 Å². The SMILES string of the molecule is Cc1cc(-c2nc3c4c(nc(OC[C@@]56CCCN5C[C@H](F)C6)nc4c2F)N(C)C[C@H]2CC[C@@H](C[C@H](C)O3)N2)cc(N)c1F. The Bertz CT molecular complexity index is 1550. The number of nitrogen functional groups attached to an aromatic ring is 1. The molecule has 3 aromatic rings. The molecule has 3 N–H and O–H groups in total. The summed E-state index contributed by atoms with van der Waals surface area (Å²) in [7, 11) is 1.91. The second kappa shape index (κ2) is 10.7. The maximum atomic E-state index is 16.6. The predicted octanol–water partition coefficient (Wildman–Crippen LogP) is 4.54. The first-order valence-corrected chi connectivity index (χ1v) is 15.2. The highest BCUT2D eigenvalue weighted by atomic mass is 19.1. The lowest BCUT2D eigenvalue weighted by Gasteiger charge is -2.31. The normalized spacial score (nSPS) is 29.0. The molecule has 0 spiro atoms. The molecule has 4 aliphatic heterocycles. The second-order valence-corrected chi connectivity index (χ2v) is 12.9. The van der Waals surface area contributed by atoms with Gasteiger partial charge in [0, 0.05) is 44.2 Å². The summed E-state index contributed by atoms with van der Waals surface area (Å²) < 4.78 is 58.1. The van der Waals surface area contributed by atoms with Crippen molar-refractivity contribution in [1.82, 2.24) is 25.2 Å². The third-order valence-corrected chi connectivity index (χ3v) is 9.62. The van der Waals surface area contributed by atoms with Crippen molar-refractivity contribution in [3.05, 3.63) is 29.3 Å². The van der Waals surface area contributed by atoms with Crippen LogP contribution in [0.1, 0.15) is 51.0 Å². The topological polar surface area (TPSA) is 102 Å². The van der Waals surface area contributed by atoms with Crippen LogP contribution >= 0.6 is 0 Å². The number of alkyl halides is 1. The summed E-state index contributed by atoms with van der Waals surface area (Å²) in [4.78, 5) is 18.2. The number of anilines is 2. The van der Waals surface area contributed by atoms with Crippen LogP contribution in [0.3, 0.4) is 0 Å². The number of ether oxygens (including phenoxy) is 2. The van der Waals surface area contributed by atoms with E-state index in [1.165, 1.54) is 12.1 Å². The molecule has 2 bridgehead atoms. The number of hydrogen-bond acceptors (Lipinski definition) is 9. The van der Waals surface area contributed by atoms with E-state index >= 15 is 4.39 Å². The van der Waals surface area contributed by atoms with E-state index in [1.54, 1.807) is 6.92 Å². The van der Waals surface area contributed by atoms with Crippen LogP contribution in [0.5, 0.6) is 11.9 Å². The van der Waals surface area contributed by atoms with Crippen molar-refractivity contribution in [3.8, 4) is 23.1 Å². The number of aromatic nitrogens is 3.